The van der Waals surface area contributed by atoms with Crippen molar-refractivity contribution in [2.24, 2.45) is 0 Å². The van der Waals surface area contributed by atoms with Crippen LogP contribution in [-0.4, -0.2) is 38.2 Å². The van der Waals surface area contributed by atoms with Crippen LogP contribution in [-0.2, 0) is 9.59 Å². The Balaban J connectivity index is 1.65. The van der Waals surface area contributed by atoms with Gasteiger partial charge in [0.15, 0.2) is 35.2 Å². The number of amides is 2. The number of hydrogen-bond donors (Lipinski definition) is 2. The molecule has 2 amide bonds. The Bertz CT molecular complexity index is 1050. The molecule has 2 atom stereocenters. The van der Waals surface area contributed by atoms with Crippen molar-refractivity contribution in [1.29, 1.82) is 0 Å². The van der Waals surface area contributed by atoms with E-state index in [1.54, 1.807) is 74.5 Å². The van der Waals surface area contributed by atoms with Crippen LogP contribution in [0.15, 0.2) is 72.8 Å². The van der Waals surface area contributed by atoms with E-state index in [0.29, 0.717) is 34.4 Å². The molecule has 178 valence electrons. The van der Waals surface area contributed by atoms with E-state index in [1.165, 1.54) is 14.2 Å². The number of carbonyl (C=O) groups is 2. The number of anilines is 2. The van der Waals surface area contributed by atoms with Gasteiger partial charge in [-0.2, -0.15) is 0 Å². The summed E-state index contributed by atoms with van der Waals surface area (Å²) in [6.07, 6.45) is -1.62. The summed E-state index contributed by atoms with van der Waals surface area (Å²) < 4.78 is 22.0. The molecule has 0 saturated carbocycles. The molecule has 0 heterocycles. The maximum atomic E-state index is 12.8. The first-order chi connectivity index (χ1) is 16.4. The van der Waals surface area contributed by atoms with E-state index in [4.69, 9.17) is 18.9 Å². The second-order valence-corrected chi connectivity index (χ2v) is 7.35. The van der Waals surface area contributed by atoms with E-state index < -0.39 is 12.2 Å². The lowest BCUT2D eigenvalue weighted by atomic mass is 10.2. The zero-order valence-corrected chi connectivity index (χ0v) is 19.5. The Morgan fingerprint density at radius 3 is 1.26 bits per heavy atom. The van der Waals surface area contributed by atoms with Gasteiger partial charge in [0.25, 0.3) is 11.8 Å². The summed E-state index contributed by atoms with van der Waals surface area (Å²) >= 11 is 0. The highest BCUT2D eigenvalue weighted by atomic mass is 16.5. The predicted molar refractivity (Wildman–Crippen MR) is 130 cm³/mol. The highest BCUT2D eigenvalue weighted by Gasteiger charge is 2.21. The summed E-state index contributed by atoms with van der Waals surface area (Å²) in [5.74, 6) is 1.20. The van der Waals surface area contributed by atoms with E-state index in [1.807, 2.05) is 12.1 Å². The Kier molecular flexibility index (Phi) is 8.34. The number of hydrogen-bond acceptors (Lipinski definition) is 6. The molecule has 0 bridgehead atoms. The third-order valence-corrected chi connectivity index (χ3v) is 4.93. The molecular formula is C26H28N2O6. The molecule has 0 aromatic heterocycles. The highest BCUT2D eigenvalue weighted by Crippen LogP contribution is 2.29. The van der Waals surface area contributed by atoms with Gasteiger partial charge in [-0.05, 0) is 50.2 Å². The van der Waals surface area contributed by atoms with Crippen LogP contribution in [0.1, 0.15) is 13.8 Å². The van der Waals surface area contributed by atoms with Crippen LogP contribution in [0.3, 0.4) is 0 Å². The second kappa shape index (κ2) is 11.6. The fourth-order valence-corrected chi connectivity index (χ4v) is 3.09. The minimum absolute atomic E-state index is 0.383. The van der Waals surface area contributed by atoms with Gasteiger partial charge in [0.05, 0.1) is 25.6 Å². The van der Waals surface area contributed by atoms with Gasteiger partial charge in [0, 0.05) is 0 Å². The third-order valence-electron chi connectivity index (χ3n) is 4.93. The van der Waals surface area contributed by atoms with Crippen molar-refractivity contribution in [1.82, 2.24) is 0 Å². The lowest BCUT2D eigenvalue weighted by Gasteiger charge is -2.19. The molecule has 3 aromatic rings. The van der Waals surface area contributed by atoms with Crippen molar-refractivity contribution in [3.63, 3.8) is 0 Å². The SMILES string of the molecule is COc1ccccc1OC(C)C(=O)Nc1ccccc1NC(=O)C(C)Oc1ccccc1OC. The highest BCUT2D eigenvalue weighted by molar-refractivity contribution is 6.02. The normalized spacial score (nSPS) is 12.1. The second-order valence-electron chi connectivity index (χ2n) is 7.35. The largest absolute Gasteiger partial charge is 0.493 e. The van der Waals surface area contributed by atoms with E-state index in [-0.39, 0.29) is 11.8 Å². The molecular weight excluding hydrogens is 436 g/mol. The zero-order valence-electron chi connectivity index (χ0n) is 19.5. The van der Waals surface area contributed by atoms with Crippen LogP contribution in [0.4, 0.5) is 11.4 Å². The van der Waals surface area contributed by atoms with Crippen LogP contribution in [0.2, 0.25) is 0 Å². The molecule has 0 aliphatic heterocycles. The summed E-state index contributed by atoms with van der Waals surface area (Å²) in [7, 11) is 3.06. The fourth-order valence-electron chi connectivity index (χ4n) is 3.09. The Labute approximate surface area is 198 Å². The van der Waals surface area contributed by atoms with Gasteiger partial charge in [-0.1, -0.05) is 36.4 Å². The summed E-state index contributed by atoms with van der Waals surface area (Å²) in [6.45, 7) is 3.26. The standard InChI is InChI=1S/C26H28N2O6/c1-17(33-23-15-9-7-13-21(23)31-3)25(29)27-19-11-5-6-12-20(19)28-26(30)18(2)34-24-16-10-8-14-22(24)32-4/h5-18H,1-4H3,(H,27,29)(H,28,30). The van der Waals surface area contributed by atoms with Crippen molar-refractivity contribution in [3.8, 4) is 23.0 Å². The Morgan fingerprint density at radius 2 is 0.912 bits per heavy atom. The van der Waals surface area contributed by atoms with Gasteiger partial charge in [0.2, 0.25) is 0 Å². The van der Waals surface area contributed by atoms with Crippen molar-refractivity contribution in [2.75, 3.05) is 24.9 Å². The van der Waals surface area contributed by atoms with Crippen molar-refractivity contribution >= 4 is 23.2 Å². The lowest BCUT2D eigenvalue weighted by Crippen LogP contribution is -2.32. The van der Waals surface area contributed by atoms with E-state index in [2.05, 4.69) is 10.6 Å². The summed E-state index contributed by atoms with van der Waals surface area (Å²) in [4.78, 5) is 25.5. The van der Waals surface area contributed by atoms with Gasteiger partial charge in [-0.25, -0.2) is 0 Å². The van der Waals surface area contributed by atoms with Crippen LogP contribution >= 0.6 is 0 Å². The molecule has 0 fully saturated rings. The Hall–Kier alpha value is -4.20. The summed E-state index contributed by atoms with van der Waals surface area (Å²) in [5.41, 5.74) is 0.863. The van der Waals surface area contributed by atoms with Crippen LogP contribution in [0, 0.1) is 0 Å². The number of ether oxygens (including phenoxy) is 4. The molecule has 8 nitrogen and oxygen atoms in total. The third kappa shape index (κ3) is 6.19. The monoisotopic (exact) mass is 464 g/mol. The number of methoxy groups -OCH3 is 2. The van der Waals surface area contributed by atoms with Crippen molar-refractivity contribution in [2.45, 2.75) is 26.1 Å². The van der Waals surface area contributed by atoms with Gasteiger partial charge >= 0.3 is 0 Å². The number of nitrogens with one attached hydrogen (secondary N) is 2. The lowest BCUT2D eigenvalue weighted by molar-refractivity contribution is -0.122. The van der Waals surface area contributed by atoms with Crippen LogP contribution in [0.5, 0.6) is 23.0 Å². The quantitative estimate of drug-likeness (QED) is 0.458. The van der Waals surface area contributed by atoms with E-state index in [9.17, 15) is 9.59 Å². The van der Waals surface area contributed by atoms with Gasteiger partial charge in [-0.3, -0.25) is 9.59 Å². The minimum Gasteiger partial charge on any atom is -0.493 e. The van der Waals surface area contributed by atoms with Crippen LogP contribution in [0.25, 0.3) is 0 Å². The number of para-hydroxylation sites is 6. The van der Waals surface area contributed by atoms with Gasteiger partial charge in [0.1, 0.15) is 0 Å². The summed E-state index contributed by atoms with van der Waals surface area (Å²) in [5, 5.41) is 5.60. The minimum atomic E-state index is -0.812. The van der Waals surface area contributed by atoms with Gasteiger partial charge < -0.3 is 29.6 Å². The molecule has 2 N–H and O–H groups in total. The first-order valence-corrected chi connectivity index (χ1v) is 10.7. The molecule has 2 unspecified atom stereocenters. The van der Waals surface area contributed by atoms with Crippen molar-refractivity contribution in [3.05, 3.63) is 72.8 Å². The fraction of sp³-hybridized carbons (Fsp3) is 0.231. The molecule has 0 radical (unpaired) electrons. The smallest absolute Gasteiger partial charge is 0.265 e. The first-order valence-electron chi connectivity index (χ1n) is 10.7. The molecule has 3 rings (SSSR count). The Morgan fingerprint density at radius 1 is 0.588 bits per heavy atom. The van der Waals surface area contributed by atoms with E-state index >= 15 is 0 Å². The van der Waals surface area contributed by atoms with Crippen molar-refractivity contribution < 1.29 is 28.5 Å². The average Bonchev–Trinajstić information content (AvgIpc) is 2.85. The molecule has 8 heteroatoms. The topological polar surface area (TPSA) is 95.1 Å². The molecule has 0 aliphatic carbocycles. The molecule has 0 spiro atoms. The molecule has 34 heavy (non-hydrogen) atoms. The predicted octanol–water partition coefficient (Wildman–Crippen LogP) is 4.52. The first kappa shape index (κ1) is 24.4. The maximum Gasteiger partial charge on any atom is 0.265 e. The molecule has 0 aliphatic rings. The molecule has 0 saturated heterocycles. The number of carbonyl (C=O) groups excluding carboxylic acids is 2. The molecule has 3 aromatic carbocycles. The zero-order chi connectivity index (χ0) is 24.5. The van der Waals surface area contributed by atoms with E-state index in [0.717, 1.165) is 0 Å². The van der Waals surface area contributed by atoms with Crippen LogP contribution < -0.4 is 29.6 Å². The number of rotatable bonds is 10. The average molecular weight is 465 g/mol. The summed E-state index contributed by atoms with van der Waals surface area (Å²) in [6, 6.07) is 21.0. The number of benzene rings is 3. The van der Waals surface area contributed by atoms with Gasteiger partial charge in [-0.15, -0.1) is 0 Å². The maximum absolute atomic E-state index is 12.8.